The molecule has 0 aromatic carbocycles. The molecule has 5 atom stereocenters. The SMILES string of the molecule is [N-]=[N+]=NC[C@H]1C[C@@H]2O[C@H](CO)[C@@H](O)[C@@H]2O1. The van der Waals surface area contributed by atoms with Gasteiger partial charge in [-0.2, -0.15) is 0 Å². The molecule has 0 aliphatic carbocycles. The second-order valence-corrected chi connectivity index (χ2v) is 3.76. The normalized spacial score (nSPS) is 43.7. The number of hydrogen-bond donors (Lipinski definition) is 2. The van der Waals surface area contributed by atoms with Gasteiger partial charge in [0.2, 0.25) is 0 Å². The van der Waals surface area contributed by atoms with Crippen LogP contribution in [0.2, 0.25) is 0 Å². The van der Waals surface area contributed by atoms with Crippen LogP contribution in [0.5, 0.6) is 0 Å². The van der Waals surface area contributed by atoms with Gasteiger partial charge in [-0.25, -0.2) is 0 Å². The molecular weight excluding hydrogens is 202 g/mol. The fraction of sp³-hybridized carbons (Fsp3) is 1.00. The van der Waals surface area contributed by atoms with Crippen molar-refractivity contribution in [2.45, 2.75) is 36.9 Å². The predicted molar refractivity (Wildman–Crippen MR) is 49.0 cm³/mol. The van der Waals surface area contributed by atoms with Crippen molar-refractivity contribution in [1.29, 1.82) is 0 Å². The van der Waals surface area contributed by atoms with E-state index in [0.717, 1.165) is 0 Å². The third kappa shape index (κ3) is 1.92. The molecule has 0 amide bonds. The summed E-state index contributed by atoms with van der Waals surface area (Å²) in [7, 11) is 0. The zero-order valence-electron chi connectivity index (χ0n) is 8.06. The fourth-order valence-corrected chi connectivity index (χ4v) is 2.10. The summed E-state index contributed by atoms with van der Waals surface area (Å²) in [5.41, 5.74) is 8.15. The molecule has 0 spiro atoms. The van der Waals surface area contributed by atoms with Crippen molar-refractivity contribution in [3.63, 3.8) is 0 Å². The van der Waals surface area contributed by atoms with E-state index in [4.69, 9.17) is 20.1 Å². The minimum Gasteiger partial charge on any atom is -0.394 e. The highest BCUT2D eigenvalue weighted by molar-refractivity contribution is 4.97. The van der Waals surface area contributed by atoms with Crippen LogP contribution in [0.15, 0.2) is 5.11 Å². The summed E-state index contributed by atoms with van der Waals surface area (Å²) in [6.45, 7) is 0.0436. The standard InChI is InChI=1S/C8H13N3O4/c9-11-10-2-4-1-5-8(14-4)7(13)6(3-12)15-5/h4-8,12-13H,1-3H2/t4-,5+,6-,7-,8-/m1/s1. The van der Waals surface area contributed by atoms with Gasteiger partial charge in [0.05, 0.1) is 25.4 Å². The van der Waals surface area contributed by atoms with Crippen LogP contribution in [0.25, 0.3) is 10.4 Å². The van der Waals surface area contributed by atoms with Gasteiger partial charge in [0, 0.05) is 11.3 Å². The molecule has 2 aliphatic rings. The van der Waals surface area contributed by atoms with Gasteiger partial charge in [-0.15, -0.1) is 0 Å². The number of hydrogen-bond acceptors (Lipinski definition) is 5. The molecule has 2 saturated heterocycles. The van der Waals surface area contributed by atoms with Crippen molar-refractivity contribution >= 4 is 0 Å². The highest BCUT2D eigenvalue weighted by Crippen LogP contribution is 2.34. The molecule has 0 aromatic heterocycles. The lowest BCUT2D eigenvalue weighted by Gasteiger charge is -2.16. The maximum Gasteiger partial charge on any atom is 0.113 e. The molecule has 7 heteroatoms. The Hall–Kier alpha value is -0.850. The third-order valence-electron chi connectivity index (χ3n) is 2.81. The van der Waals surface area contributed by atoms with Crippen LogP contribution in [0.4, 0.5) is 0 Å². The first-order chi connectivity index (χ1) is 7.26. The van der Waals surface area contributed by atoms with Crippen LogP contribution in [-0.2, 0) is 9.47 Å². The summed E-state index contributed by atoms with van der Waals surface area (Å²) < 4.78 is 10.9. The van der Waals surface area contributed by atoms with Crippen LogP contribution in [0, 0.1) is 0 Å². The summed E-state index contributed by atoms with van der Waals surface area (Å²) >= 11 is 0. The largest absolute Gasteiger partial charge is 0.394 e. The smallest absolute Gasteiger partial charge is 0.113 e. The summed E-state index contributed by atoms with van der Waals surface area (Å²) in [6.07, 6.45) is -1.55. The molecule has 7 nitrogen and oxygen atoms in total. The Labute approximate surface area is 86.2 Å². The monoisotopic (exact) mass is 215 g/mol. The van der Waals surface area contributed by atoms with E-state index in [-0.39, 0.29) is 25.4 Å². The highest BCUT2D eigenvalue weighted by atomic mass is 16.6. The van der Waals surface area contributed by atoms with Gasteiger partial charge in [0.1, 0.15) is 18.3 Å². The highest BCUT2D eigenvalue weighted by Gasteiger charge is 2.49. The molecule has 0 radical (unpaired) electrons. The topological polar surface area (TPSA) is 108 Å². The van der Waals surface area contributed by atoms with Crippen LogP contribution < -0.4 is 0 Å². The maximum atomic E-state index is 9.69. The lowest BCUT2D eigenvalue weighted by Crippen LogP contribution is -2.34. The zero-order valence-corrected chi connectivity index (χ0v) is 8.06. The molecule has 0 unspecified atom stereocenters. The Bertz CT molecular complexity index is 281. The molecule has 0 bridgehead atoms. The fourth-order valence-electron chi connectivity index (χ4n) is 2.10. The Kier molecular flexibility index (Phi) is 3.08. The van der Waals surface area contributed by atoms with Gasteiger partial charge in [-0.3, -0.25) is 0 Å². The van der Waals surface area contributed by atoms with E-state index in [1.807, 2.05) is 0 Å². The number of azide groups is 1. The number of aliphatic hydroxyl groups excluding tert-OH is 2. The Morgan fingerprint density at radius 1 is 1.47 bits per heavy atom. The van der Waals surface area contributed by atoms with Gasteiger partial charge >= 0.3 is 0 Å². The molecule has 0 saturated carbocycles. The number of aliphatic hydroxyl groups is 2. The Morgan fingerprint density at radius 3 is 2.87 bits per heavy atom. The van der Waals surface area contributed by atoms with E-state index in [9.17, 15) is 5.11 Å². The van der Waals surface area contributed by atoms with Crippen molar-refractivity contribution < 1.29 is 19.7 Å². The minimum absolute atomic E-state index is 0.190. The van der Waals surface area contributed by atoms with E-state index in [1.54, 1.807) is 0 Å². The molecule has 2 fully saturated rings. The summed E-state index contributed by atoms with van der Waals surface area (Å²) in [4.78, 5) is 2.64. The second-order valence-electron chi connectivity index (χ2n) is 3.76. The molecule has 84 valence electrons. The van der Waals surface area contributed by atoms with E-state index < -0.39 is 18.3 Å². The lowest BCUT2D eigenvalue weighted by molar-refractivity contribution is -0.0500. The second kappa shape index (κ2) is 4.34. The van der Waals surface area contributed by atoms with Crippen LogP contribution in [0.3, 0.4) is 0 Å². The molecule has 15 heavy (non-hydrogen) atoms. The molecule has 0 aromatic rings. The van der Waals surface area contributed by atoms with Crippen molar-refractivity contribution in [2.75, 3.05) is 13.2 Å². The van der Waals surface area contributed by atoms with Crippen LogP contribution in [-0.4, -0.2) is 53.9 Å². The number of fused-ring (bicyclic) bond motifs is 1. The maximum absolute atomic E-state index is 9.69. The van der Waals surface area contributed by atoms with Crippen LogP contribution >= 0.6 is 0 Å². The first-order valence-electron chi connectivity index (χ1n) is 4.87. The van der Waals surface area contributed by atoms with Gasteiger partial charge < -0.3 is 19.7 Å². The summed E-state index contributed by atoms with van der Waals surface area (Å²) in [5, 5.41) is 22.0. The molecular formula is C8H13N3O4. The average molecular weight is 215 g/mol. The zero-order chi connectivity index (χ0) is 10.8. The molecule has 2 heterocycles. The molecule has 2 N–H and O–H groups in total. The van der Waals surface area contributed by atoms with Gasteiger partial charge in [0.15, 0.2) is 0 Å². The number of ether oxygens (including phenoxy) is 2. The summed E-state index contributed by atoms with van der Waals surface area (Å²) in [6, 6.07) is 0. The Morgan fingerprint density at radius 2 is 2.27 bits per heavy atom. The van der Waals surface area contributed by atoms with E-state index in [2.05, 4.69) is 10.0 Å². The first kappa shape index (κ1) is 10.7. The third-order valence-corrected chi connectivity index (χ3v) is 2.81. The van der Waals surface area contributed by atoms with Gasteiger partial charge in [-0.05, 0) is 5.53 Å². The lowest BCUT2D eigenvalue weighted by atomic mass is 10.1. The van der Waals surface area contributed by atoms with Crippen molar-refractivity contribution in [3.05, 3.63) is 10.4 Å². The number of nitrogens with zero attached hydrogens (tertiary/aromatic N) is 3. The van der Waals surface area contributed by atoms with E-state index >= 15 is 0 Å². The van der Waals surface area contributed by atoms with Crippen molar-refractivity contribution in [1.82, 2.24) is 0 Å². The molecule has 2 rings (SSSR count). The summed E-state index contributed by atoms with van der Waals surface area (Å²) in [5.74, 6) is 0. The van der Waals surface area contributed by atoms with Gasteiger partial charge in [-0.1, -0.05) is 5.11 Å². The molecule has 2 aliphatic heterocycles. The van der Waals surface area contributed by atoms with Crippen LogP contribution in [0.1, 0.15) is 6.42 Å². The van der Waals surface area contributed by atoms with Gasteiger partial charge in [0.25, 0.3) is 0 Å². The Balaban J connectivity index is 1.92. The van der Waals surface area contributed by atoms with Crippen molar-refractivity contribution in [2.24, 2.45) is 5.11 Å². The first-order valence-corrected chi connectivity index (χ1v) is 4.87. The average Bonchev–Trinajstić information content (AvgIpc) is 2.75. The van der Waals surface area contributed by atoms with E-state index in [0.29, 0.717) is 6.42 Å². The minimum atomic E-state index is -0.795. The van der Waals surface area contributed by atoms with Crippen molar-refractivity contribution in [3.8, 4) is 0 Å². The number of rotatable bonds is 3. The quantitative estimate of drug-likeness (QED) is 0.378. The predicted octanol–water partition coefficient (Wildman–Crippen LogP) is -0.425. The van der Waals surface area contributed by atoms with E-state index in [1.165, 1.54) is 0 Å².